The predicted molar refractivity (Wildman–Crippen MR) is 263 cm³/mol. The lowest BCUT2D eigenvalue weighted by Crippen LogP contribution is -2.56. The normalized spacial score (nSPS) is 22.3. The van der Waals surface area contributed by atoms with Gasteiger partial charge >= 0.3 is 0 Å². The van der Waals surface area contributed by atoms with Gasteiger partial charge in [-0.05, 0) is 173 Å². The molecule has 5 aliphatic carbocycles. The Morgan fingerprint density at radius 2 is 0.778 bits per heavy atom. The fraction of sp³-hybridized carbons (Fsp3) is 0.213. The molecular weight excluding hydrogens is 761 g/mol. The number of hydrogen-bond donors (Lipinski definition) is 0. The van der Waals surface area contributed by atoms with E-state index >= 15 is 0 Å². The second kappa shape index (κ2) is 15.0. The minimum atomic E-state index is -0.0933. The SMILES string of the molecule is CC1(C)c2ccccc2-c2ccc(N(c3ccc(C4(c5ccc(N(c6ccccc6)c6ccccc6)cc5)C5CC6CC(C5)CC4C6)cc3)c3cccc(-c4ccccc4)c3)cc21. The van der Waals surface area contributed by atoms with Crippen molar-refractivity contribution in [2.45, 2.75) is 56.8 Å². The van der Waals surface area contributed by atoms with E-state index in [0.29, 0.717) is 11.8 Å². The quantitative estimate of drug-likeness (QED) is 0.143. The molecule has 4 fully saturated rings. The summed E-state index contributed by atoms with van der Waals surface area (Å²) in [6.07, 6.45) is 6.78. The Labute approximate surface area is 373 Å². The van der Waals surface area contributed by atoms with E-state index in [0.717, 1.165) is 11.8 Å². The summed E-state index contributed by atoms with van der Waals surface area (Å²) in [5, 5.41) is 0. The summed E-state index contributed by atoms with van der Waals surface area (Å²) in [5.74, 6) is 3.02. The third-order valence-electron chi connectivity index (χ3n) is 15.7. The van der Waals surface area contributed by atoms with Crippen LogP contribution in [0.2, 0.25) is 0 Å². The van der Waals surface area contributed by atoms with E-state index in [9.17, 15) is 0 Å². The lowest BCUT2D eigenvalue weighted by Gasteiger charge is -2.62. The molecule has 0 heterocycles. The van der Waals surface area contributed by atoms with Crippen molar-refractivity contribution in [1.82, 2.24) is 0 Å². The number of fused-ring (bicyclic) bond motifs is 3. The molecule has 13 rings (SSSR count). The van der Waals surface area contributed by atoms with Gasteiger partial charge in [-0.2, -0.15) is 0 Å². The van der Waals surface area contributed by atoms with Crippen LogP contribution in [-0.4, -0.2) is 0 Å². The molecule has 0 spiro atoms. The van der Waals surface area contributed by atoms with E-state index in [1.54, 1.807) is 0 Å². The van der Waals surface area contributed by atoms with Crippen LogP contribution in [0.25, 0.3) is 22.3 Å². The zero-order valence-corrected chi connectivity index (χ0v) is 36.4. The van der Waals surface area contributed by atoms with Gasteiger partial charge in [0.2, 0.25) is 0 Å². The maximum atomic E-state index is 2.52. The first-order valence-corrected chi connectivity index (χ1v) is 23.3. The summed E-state index contributed by atoms with van der Waals surface area (Å²) >= 11 is 0. The maximum absolute atomic E-state index is 2.52. The van der Waals surface area contributed by atoms with Crippen LogP contribution in [0, 0.1) is 23.7 Å². The van der Waals surface area contributed by atoms with Gasteiger partial charge in [0, 0.05) is 45.0 Å². The number of para-hydroxylation sites is 2. The van der Waals surface area contributed by atoms with Crippen LogP contribution in [0.4, 0.5) is 34.1 Å². The summed E-state index contributed by atoms with van der Waals surface area (Å²) in [4.78, 5) is 4.89. The van der Waals surface area contributed by atoms with E-state index in [1.807, 2.05) is 0 Å². The summed E-state index contributed by atoms with van der Waals surface area (Å²) in [7, 11) is 0. The van der Waals surface area contributed by atoms with Crippen LogP contribution in [0.15, 0.2) is 206 Å². The van der Waals surface area contributed by atoms with Gasteiger partial charge in [0.1, 0.15) is 0 Å². The van der Waals surface area contributed by atoms with Gasteiger partial charge in [0.15, 0.2) is 0 Å². The zero-order chi connectivity index (χ0) is 42.1. The van der Waals surface area contributed by atoms with Crippen LogP contribution in [0.5, 0.6) is 0 Å². The minimum Gasteiger partial charge on any atom is -0.311 e. The Kier molecular flexibility index (Phi) is 9.08. The Balaban J connectivity index is 0.975. The number of benzene rings is 8. The Morgan fingerprint density at radius 3 is 1.37 bits per heavy atom. The van der Waals surface area contributed by atoms with E-state index in [1.165, 1.54) is 111 Å². The predicted octanol–water partition coefficient (Wildman–Crippen LogP) is 16.3. The van der Waals surface area contributed by atoms with Crippen molar-refractivity contribution in [3.8, 4) is 22.3 Å². The Morgan fingerprint density at radius 1 is 0.349 bits per heavy atom. The molecule has 0 atom stereocenters. The number of hydrogen-bond acceptors (Lipinski definition) is 2. The van der Waals surface area contributed by atoms with Crippen LogP contribution < -0.4 is 9.80 Å². The van der Waals surface area contributed by atoms with Gasteiger partial charge in [-0.1, -0.05) is 147 Å². The van der Waals surface area contributed by atoms with Crippen LogP contribution >= 0.6 is 0 Å². The zero-order valence-electron chi connectivity index (χ0n) is 36.4. The lowest BCUT2D eigenvalue weighted by atomic mass is 9.42. The van der Waals surface area contributed by atoms with Crippen molar-refractivity contribution in [2.24, 2.45) is 23.7 Å². The molecule has 4 bridgehead atoms. The van der Waals surface area contributed by atoms with Crippen molar-refractivity contribution in [1.29, 1.82) is 0 Å². The molecule has 0 aromatic heterocycles. The lowest BCUT2D eigenvalue weighted by molar-refractivity contribution is -0.0418. The van der Waals surface area contributed by atoms with Crippen molar-refractivity contribution >= 4 is 34.1 Å². The first-order chi connectivity index (χ1) is 30.9. The molecular formula is C61H54N2. The van der Waals surface area contributed by atoms with E-state index < -0.39 is 0 Å². The molecule has 0 unspecified atom stereocenters. The molecule has 63 heavy (non-hydrogen) atoms. The van der Waals surface area contributed by atoms with E-state index in [-0.39, 0.29) is 10.8 Å². The van der Waals surface area contributed by atoms with Gasteiger partial charge in [-0.15, -0.1) is 0 Å². The first-order valence-electron chi connectivity index (χ1n) is 23.3. The molecule has 4 saturated carbocycles. The molecule has 0 amide bonds. The first kappa shape index (κ1) is 38.1. The summed E-state index contributed by atoms with van der Waals surface area (Å²) < 4.78 is 0. The third-order valence-corrected chi connectivity index (χ3v) is 15.7. The number of nitrogens with zero attached hydrogens (tertiary/aromatic N) is 2. The van der Waals surface area contributed by atoms with Crippen molar-refractivity contribution in [3.63, 3.8) is 0 Å². The van der Waals surface area contributed by atoms with Crippen molar-refractivity contribution in [2.75, 3.05) is 9.80 Å². The average Bonchev–Trinajstić information content (AvgIpc) is 3.56. The van der Waals surface area contributed by atoms with Gasteiger partial charge in [0.25, 0.3) is 0 Å². The van der Waals surface area contributed by atoms with Crippen LogP contribution in [0.3, 0.4) is 0 Å². The van der Waals surface area contributed by atoms with E-state index in [2.05, 4.69) is 230 Å². The largest absolute Gasteiger partial charge is 0.311 e. The summed E-state index contributed by atoms with van der Waals surface area (Å²) in [6, 6.07) is 77.3. The van der Waals surface area contributed by atoms with Gasteiger partial charge in [-0.25, -0.2) is 0 Å². The molecule has 2 heteroatoms. The fourth-order valence-electron chi connectivity index (χ4n) is 13.1. The highest BCUT2D eigenvalue weighted by atomic mass is 15.1. The fourth-order valence-corrected chi connectivity index (χ4v) is 13.1. The molecule has 308 valence electrons. The highest BCUT2D eigenvalue weighted by Crippen LogP contribution is 2.65. The molecule has 8 aromatic carbocycles. The monoisotopic (exact) mass is 814 g/mol. The maximum Gasteiger partial charge on any atom is 0.0467 e. The van der Waals surface area contributed by atoms with Crippen molar-refractivity contribution < 1.29 is 0 Å². The van der Waals surface area contributed by atoms with Gasteiger partial charge in [-0.3, -0.25) is 0 Å². The molecule has 2 nitrogen and oxygen atoms in total. The molecule has 0 aliphatic heterocycles. The molecule has 0 N–H and O–H groups in total. The molecule has 5 aliphatic rings. The average molecular weight is 815 g/mol. The smallest absolute Gasteiger partial charge is 0.0467 e. The highest BCUT2D eigenvalue weighted by molar-refractivity contribution is 5.86. The molecule has 0 radical (unpaired) electrons. The second-order valence-electron chi connectivity index (χ2n) is 19.4. The number of rotatable bonds is 9. The summed E-state index contributed by atoms with van der Waals surface area (Å²) in [6.45, 7) is 4.77. The Bertz CT molecular complexity index is 2850. The van der Waals surface area contributed by atoms with Crippen LogP contribution in [0.1, 0.15) is 68.2 Å². The Hall–Kier alpha value is -6.64. The van der Waals surface area contributed by atoms with E-state index in [4.69, 9.17) is 0 Å². The third kappa shape index (κ3) is 6.21. The van der Waals surface area contributed by atoms with Crippen molar-refractivity contribution in [3.05, 3.63) is 229 Å². The van der Waals surface area contributed by atoms with Gasteiger partial charge in [0.05, 0.1) is 0 Å². The number of anilines is 6. The van der Waals surface area contributed by atoms with Crippen LogP contribution in [-0.2, 0) is 10.8 Å². The molecule has 8 aromatic rings. The minimum absolute atomic E-state index is 0.0176. The topological polar surface area (TPSA) is 6.48 Å². The second-order valence-corrected chi connectivity index (χ2v) is 19.4. The summed E-state index contributed by atoms with van der Waals surface area (Å²) in [5.41, 5.74) is 17.9. The standard InChI is InChI=1S/C61H54N2/c1-60(2)58-24-13-12-23-56(58)57-34-33-55(41-59(57)60)63(54-22-14-17-45(40-54)44-15-6-3-7-16-44)53-31-27-47(28-32-53)61(48-36-42-35-43(38-48)39-49(61)37-42)46-25-29-52(30-26-46)62(50-18-8-4-9-19-50)51-20-10-5-11-21-51/h3-34,40-43,48-49H,35-39H2,1-2H3. The van der Waals surface area contributed by atoms with Gasteiger partial charge < -0.3 is 9.80 Å². The highest BCUT2D eigenvalue weighted by Gasteiger charge is 2.58. The molecule has 0 saturated heterocycles.